The summed E-state index contributed by atoms with van der Waals surface area (Å²) in [6, 6.07) is 23.6. The number of nitrogens with one attached hydrogen (secondary N) is 1. The maximum absolute atomic E-state index is 13.7. The normalized spacial score (nSPS) is 12.9. The molecular weight excluding hydrogens is 420 g/mol. The molecule has 0 aliphatic carbocycles. The maximum atomic E-state index is 13.7. The van der Waals surface area contributed by atoms with Crippen molar-refractivity contribution >= 4 is 32.0 Å². The molecule has 0 saturated carbocycles. The van der Waals surface area contributed by atoms with Gasteiger partial charge in [0, 0.05) is 18.6 Å². The van der Waals surface area contributed by atoms with Crippen LogP contribution in [0.4, 0.5) is 0 Å². The van der Waals surface area contributed by atoms with Crippen molar-refractivity contribution in [3.63, 3.8) is 0 Å². The van der Waals surface area contributed by atoms with Crippen LogP contribution in [0.15, 0.2) is 90.0 Å². The molecule has 0 spiro atoms. The molecule has 2 heterocycles. The number of hydrogen-bond acceptors (Lipinski definition) is 4. The average Bonchev–Trinajstić information content (AvgIpc) is 3.15. The monoisotopic (exact) mass is 442 g/mol. The SMILES string of the molecule is Cc1ccc(S(=O)(=O)NC(c2ccccc2)c2nc3ccccc3n2C)c2cccnc12. The second-order valence-corrected chi connectivity index (χ2v) is 9.45. The highest BCUT2D eigenvalue weighted by atomic mass is 32.2. The van der Waals surface area contributed by atoms with Gasteiger partial charge in [0.2, 0.25) is 10.0 Å². The first-order valence-corrected chi connectivity index (χ1v) is 11.8. The molecule has 1 atom stereocenters. The Hall–Kier alpha value is -3.55. The molecule has 32 heavy (non-hydrogen) atoms. The molecule has 0 radical (unpaired) electrons. The predicted molar refractivity (Wildman–Crippen MR) is 126 cm³/mol. The molecule has 0 saturated heterocycles. The molecule has 2 aromatic heterocycles. The fraction of sp³-hybridized carbons (Fsp3) is 0.120. The van der Waals surface area contributed by atoms with Gasteiger partial charge in [-0.2, -0.15) is 4.72 Å². The van der Waals surface area contributed by atoms with Gasteiger partial charge in [-0.25, -0.2) is 13.4 Å². The van der Waals surface area contributed by atoms with E-state index in [0.717, 1.165) is 22.2 Å². The van der Waals surface area contributed by atoms with Gasteiger partial charge >= 0.3 is 0 Å². The highest BCUT2D eigenvalue weighted by Gasteiger charge is 2.28. The van der Waals surface area contributed by atoms with Crippen molar-refractivity contribution < 1.29 is 8.42 Å². The average molecular weight is 443 g/mol. The van der Waals surface area contributed by atoms with E-state index < -0.39 is 16.1 Å². The Bertz CT molecular complexity index is 1540. The van der Waals surface area contributed by atoms with Gasteiger partial charge in [-0.05, 0) is 48.4 Å². The summed E-state index contributed by atoms with van der Waals surface area (Å²) in [5.74, 6) is 0.621. The number of aromatic nitrogens is 3. The lowest BCUT2D eigenvalue weighted by molar-refractivity contribution is 0.564. The van der Waals surface area contributed by atoms with Crippen LogP contribution < -0.4 is 4.72 Å². The van der Waals surface area contributed by atoms with Gasteiger partial charge in [0.15, 0.2) is 0 Å². The minimum absolute atomic E-state index is 0.200. The third-order valence-electron chi connectivity index (χ3n) is 5.71. The highest BCUT2D eigenvalue weighted by molar-refractivity contribution is 7.89. The van der Waals surface area contributed by atoms with Gasteiger partial charge in [0.05, 0.1) is 21.4 Å². The molecule has 0 aliphatic heterocycles. The molecule has 5 rings (SSSR count). The summed E-state index contributed by atoms with van der Waals surface area (Å²) in [6.45, 7) is 1.92. The lowest BCUT2D eigenvalue weighted by Crippen LogP contribution is -2.31. The van der Waals surface area contributed by atoms with Crippen LogP contribution in [0, 0.1) is 6.92 Å². The topological polar surface area (TPSA) is 76.9 Å². The van der Waals surface area contributed by atoms with E-state index in [-0.39, 0.29) is 4.90 Å². The summed E-state index contributed by atoms with van der Waals surface area (Å²) < 4.78 is 32.2. The van der Waals surface area contributed by atoms with Crippen LogP contribution >= 0.6 is 0 Å². The molecular formula is C25H22N4O2S. The largest absolute Gasteiger partial charge is 0.329 e. The Morgan fingerprint density at radius 2 is 1.66 bits per heavy atom. The van der Waals surface area contributed by atoms with Crippen molar-refractivity contribution in [2.24, 2.45) is 7.05 Å². The van der Waals surface area contributed by atoms with Crippen molar-refractivity contribution in [1.29, 1.82) is 0 Å². The fourth-order valence-corrected chi connectivity index (χ4v) is 5.46. The molecule has 5 aromatic rings. The van der Waals surface area contributed by atoms with E-state index in [1.54, 1.807) is 30.5 Å². The number of sulfonamides is 1. The van der Waals surface area contributed by atoms with E-state index in [0.29, 0.717) is 16.7 Å². The third kappa shape index (κ3) is 3.45. The second kappa shape index (κ2) is 7.85. The molecule has 3 aromatic carbocycles. The Morgan fingerprint density at radius 1 is 0.906 bits per heavy atom. The van der Waals surface area contributed by atoms with Crippen LogP contribution in [-0.4, -0.2) is 23.0 Å². The summed E-state index contributed by atoms with van der Waals surface area (Å²) in [5.41, 5.74) is 4.16. The zero-order valence-electron chi connectivity index (χ0n) is 17.7. The highest BCUT2D eigenvalue weighted by Crippen LogP contribution is 2.29. The van der Waals surface area contributed by atoms with E-state index in [1.807, 2.05) is 73.1 Å². The zero-order valence-corrected chi connectivity index (χ0v) is 18.5. The van der Waals surface area contributed by atoms with Crippen LogP contribution in [0.1, 0.15) is 23.0 Å². The molecule has 0 aliphatic rings. The van der Waals surface area contributed by atoms with Crippen molar-refractivity contribution in [3.05, 3.63) is 102 Å². The van der Waals surface area contributed by atoms with E-state index in [4.69, 9.17) is 4.98 Å². The van der Waals surface area contributed by atoms with E-state index in [9.17, 15) is 8.42 Å². The maximum Gasteiger partial charge on any atom is 0.242 e. The van der Waals surface area contributed by atoms with Gasteiger partial charge < -0.3 is 4.57 Å². The number of para-hydroxylation sites is 2. The van der Waals surface area contributed by atoms with Gasteiger partial charge in [-0.3, -0.25) is 4.98 Å². The van der Waals surface area contributed by atoms with Crippen molar-refractivity contribution in [3.8, 4) is 0 Å². The number of fused-ring (bicyclic) bond motifs is 2. The van der Waals surface area contributed by atoms with E-state index in [1.165, 1.54) is 0 Å². The van der Waals surface area contributed by atoms with Crippen molar-refractivity contribution in [1.82, 2.24) is 19.3 Å². The fourth-order valence-electron chi connectivity index (χ4n) is 4.08. The number of pyridine rings is 1. The van der Waals surface area contributed by atoms with Gasteiger partial charge in [-0.15, -0.1) is 0 Å². The van der Waals surface area contributed by atoms with Crippen LogP contribution in [0.3, 0.4) is 0 Å². The third-order valence-corrected chi connectivity index (χ3v) is 7.19. The molecule has 6 nitrogen and oxygen atoms in total. The second-order valence-electron chi connectivity index (χ2n) is 7.76. The summed E-state index contributed by atoms with van der Waals surface area (Å²) in [6.07, 6.45) is 1.67. The Morgan fingerprint density at radius 3 is 2.44 bits per heavy atom. The first-order valence-electron chi connectivity index (χ1n) is 10.3. The number of benzene rings is 3. The minimum Gasteiger partial charge on any atom is -0.329 e. The minimum atomic E-state index is -3.90. The molecule has 7 heteroatoms. The summed E-state index contributed by atoms with van der Waals surface area (Å²) in [4.78, 5) is 9.35. The lowest BCUT2D eigenvalue weighted by atomic mass is 10.1. The summed E-state index contributed by atoms with van der Waals surface area (Å²) in [5, 5.41) is 0.594. The summed E-state index contributed by atoms with van der Waals surface area (Å²) >= 11 is 0. The van der Waals surface area contributed by atoms with Crippen molar-refractivity contribution in [2.75, 3.05) is 0 Å². The standard InChI is InChI=1S/C25H22N4O2S/c1-17-14-15-22(19-11-8-16-26-23(17)19)32(30,31)28-24(18-9-4-3-5-10-18)25-27-20-12-6-7-13-21(20)29(25)2/h3-16,24,28H,1-2H3. The van der Waals surface area contributed by atoms with Crippen molar-refractivity contribution in [2.45, 2.75) is 17.9 Å². The zero-order chi connectivity index (χ0) is 22.3. The van der Waals surface area contributed by atoms with Gasteiger partial charge in [0.25, 0.3) is 0 Å². The van der Waals surface area contributed by atoms with Gasteiger partial charge in [0.1, 0.15) is 11.9 Å². The number of aryl methyl sites for hydroxylation is 2. The Labute approximate surface area is 186 Å². The molecule has 1 unspecified atom stereocenters. The van der Waals surface area contributed by atoms with E-state index >= 15 is 0 Å². The smallest absolute Gasteiger partial charge is 0.242 e. The molecule has 0 bridgehead atoms. The van der Waals surface area contributed by atoms with Crippen LogP contribution in [0.25, 0.3) is 21.9 Å². The molecule has 1 N–H and O–H groups in total. The molecule has 160 valence electrons. The van der Waals surface area contributed by atoms with Crippen LogP contribution in [-0.2, 0) is 17.1 Å². The van der Waals surface area contributed by atoms with E-state index in [2.05, 4.69) is 9.71 Å². The Kier molecular flexibility index (Phi) is 5.00. The quantitative estimate of drug-likeness (QED) is 0.435. The van der Waals surface area contributed by atoms with Crippen LogP contribution in [0.2, 0.25) is 0 Å². The number of rotatable bonds is 5. The number of hydrogen-bond donors (Lipinski definition) is 1. The predicted octanol–water partition coefficient (Wildman–Crippen LogP) is 4.50. The van der Waals surface area contributed by atoms with Crippen LogP contribution in [0.5, 0.6) is 0 Å². The number of nitrogens with zero attached hydrogens (tertiary/aromatic N) is 3. The molecule has 0 amide bonds. The molecule has 0 fully saturated rings. The summed E-state index contributed by atoms with van der Waals surface area (Å²) in [7, 11) is -1.99. The van der Waals surface area contributed by atoms with Gasteiger partial charge in [-0.1, -0.05) is 48.5 Å². The first-order chi connectivity index (χ1) is 15.5. The lowest BCUT2D eigenvalue weighted by Gasteiger charge is -2.20. The number of imidazole rings is 1. The first kappa shape index (κ1) is 20.4. The Balaban J connectivity index is 1.67.